The third-order valence-corrected chi connectivity index (χ3v) is 8.46. The number of amides is 1. The lowest BCUT2D eigenvalue weighted by atomic mass is 10.0. The molecule has 0 radical (unpaired) electrons. The molecule has 3 aromatic carbocycles. The first-order chi connectivity index (χ1) is 16.3. The van der Waals surface area contributed by atoms with Crippen molar-refractivity contribution in [3.05, 3.63) is 71.8 Å². The maximum atomic E-state index is 13.4. The van der Waals surface area contributed by atoms with Crippen molar-refractivity contribution in [3.8, 4) is 0 Å². The number of likely N-dealkylation sites (tertiary alicyclic amines) is 1. The number of piperidine rings is 1. The fourth-order valence-corrected chi connectivity index (χ4v) is 6.15. The van der Waals surface area contributed by atoms with E-state index in [9.17, 15) is 13.2 Å². The molecule has 180 valence electrons. The molecule has 4 rings (SSSR count). The number of benzene rings is 3. The minimum atomic E-state index is -3.72. The molecule has 0 aliphatic carbocycles. The summed E-state index contributed by atoms with van der Waals surface area (Å²) in [6, 6.07) is 18.4. The van der Waals surface area contributed by atoms with E-state index >= 15 is 0 Å². The topological polar surface area (TPSA) is 78.5 Å². The van der Waals surface area contributed by atoms with Crippen LogP contribution in [0, 0.1) is 6.92 Å². The molecule has 1 saturated heterocycles. The Kier molecular flexibility index (Phi) is 7.36. The molecular formula is C27H33N3O3S. The SMILES string of the molecule is CCC(C)N1CCC(NS(=O)(=O)c2ccc(NC(=O)c3ccccc3C)c3ccccc23)CC1. The van der Waals surface area contributed by atoms with Gasteiger partial charge in [0.2, 0.25) is 10.0 Å². The number of aryl methyl sites for hydroxylation is 1. The summed E-state index contributed by atoms with van der Waals surface area (Å²) >= 11 is 0. The molecule has 7 heteroatoms. The Hall–Kier alpha value is -2.74. The lowest BCUT2D eigenvalue weighted by Gasteiger charge is -2.35. The number of nitrogens with zero attached hydrogens (tertiary/aromatic N) is 1. The number of hydrogen-bond acceptors (Lipinski definition) is 4. The molecule has 1 fully saturated rings. The second kappa shape index (κ2) is 10.3. The fourth-order valence-electron chi connectivity index (χ4n) is 4.63. The van der Waals surface area contributed by atoms with Gasteiger partial charge in [-0.25, -0.2) is 13.1 Å². The van der Waals surface area contributed by atoms with E-state index in [4.69, 9.17) is 0 Å². The maximum Gasteiger partial charge on any atom is 0.255 e. The van der Waals surface area contributed by atoms with E-state index in [0.717, 1.165) is 37.9 Å². The quantitative estimate of drug-likeness (QED) is 0.503. The van der Waals surface area contributed by atoms with Gasteiger partial charge in [-0.2, -0.15) is 0 Å². The lowest BCUT2D eigenvalue weighted by Crippen LogP contribution is -2.47. The highest BCUT2D eigenvalue weighted by Crippen LogP contribution is 2.30. The molecule has 34 heavy (non-hydrogen) atoms. The molecule has 1 atom stereocenters. The van der Waals surface area contributed by atoms with Crippen LogP contribution in [0.2, 0.25) is 0 Å². The van der Waals surface area contributed by atoms with Gasteiger partial charge in [0.25, 0.3) is 5.91 Å². The number of anilines is 1. The zero-order valence-electron chi connectivity index (χ0n) is 20.0. The Morgan fingerprint density at radius 3 is 2.32 bits per heavy atom. The number of nitrogens with one attached hydrogen (secondary N) is 2. The third-order valence-electron chi connectivity index (χ3n) is 6.88. The molecule has 3 aromatic rings. The van der Waals surface area contributed by atoms with Crippen molar-refractivity contribution < 1.29 is 13.2 Å². The lowest BCUT2D eigenvalue weighted by molar-refractivity contribution is 0.102. The van der Waals surface area contributed by atoms with E-state index in [1.165, 1.54) is 0 Å². The molecule has 0 spiro atoms. The summed E-state index contributed by atoms with van der Waals surface area (Å²) in [6.45, 7) is 8.08. The van der Waals surface area contributed by atoms with Crippen LogP contribution in [0.15, 0.2) is 65.6 Å². The third kappa shape index (κ3) is 5.17. The number of rotatable bonds is 7. The van der Waals surface area contributed by atoms with Crippen LogP contribution in [-0.4, -0.2) is 44.4 Å². The van der Waals surface area contributed by atoms with Gasteiger partial charge in [-0.05, 0) is 70.0 Å². The van der Waals surface area contributed by atoms with Crippen molar-refractivity contribution in [1.29, 1.82) is 0 Å². The van der Waals surface area contributed by atoms with Crippen LogP contribution < -0.4 is 10.0 Å². The van der Waals surface area contributed by atoms with Crippen molar-refractivity contribution in [1.82, 2.24) is 9.62 Å². The van der Waals surface area contributed by atoms with Gasteiger partial charge in [0.1, 0.15) is 0 Å². The van der Waals surface area contributed by atoms with Gasteiger partial charge in [0, 0.05) is 34.1 Å². The predicted molar refractivity (Wildman–Crippen MR) is 138 cm³/mol. The molecule has 2 N–H and O–H groups in total. The summed E-state index contributed by atoms with van der Waals surface area (Å²) in [5.74, 6) is -0.218. The van der Waals surface area contributed by atoms with E-state index in [2.05, 4.69) is 28.8 Å². The fraction of sp³-hybridized carbons (Fsp3) is 0.370. The standard InChI is InChI=1S/C27H33N3O3S/c1-4-20(3)30-17-15-21(16-18-30)29-34(32,33)26-14-13-25(23-11-7-8-12-24(23)26)28-27(31)22-10-6-5-9-19(22)2/h5-14,20-21,29H,4,15-18H2,1-3H3,(H,28,31). The Bertz CT molecular complexity index is 1280. The maximum absolute atomic E-state index is 13.4. The van der Waals surface area contributed by atoms with E-state index in [0.29, 0.717) is 28.1 Å². The Balaban J connectivity index is 1.57. The van der Waals surface area contributed by atoms with Crippen LogP contribution in [0.4, 0.5) is 5.69 Å². The highest BCUT2D eigenvalue weighted by molar-refractivity contribution is 7.89. The molecule has 1 aliphatic rings. The second-order valence-electron chi connectivity index (χ2n) is 9.11. The summed E-state index contributed by atoms with van der Waals surface area (Å²) in [7, 11) is -3.72. The van der Waals surface area contributed by atoms with Crippen molar-refractivity contribution in [2.75, 3.05) is 18.4 Å². The van der Waals surface area contributed by atoms with Crippen LogP contribution >= 0.6 is 0 Å². The van der Waals surface area contributed by atoms with E-state index in [1.807, 2.05) is 43.3 Å². The minimum absolute atomic E-state index is 0.0792. The van der Waals surface area contributed by atoms with E-state index < -0.39 is 10.0 Å². The smallest absolute Gasteiger partial charge is 0.255 e. The largest absolute Gasteiger partial charge is 0.321 e. The first-order valence-corrected chi connectivity index (χ1v) is 13.4. The van der Waals surface area contributed by atoms with Crippen molar-refractivity contribution in [3.63, 3.8) is 0 Å². The van der Waals surface area contributed by atoms with Crippen LogP contribution in [-0.2, 0) is 10.0 Å². The van der Waals surface area contributed by atoms with Crippen molar-refractivity contribution in [2.24, 2.45) is 0 Å². The van der Waals surface area contributed by atoms with Gasteiger partial charge >= 0.3 is 0 Å². The molecule has 0 saturated carbocycles. The summed E-state index contributed by atoms with van der Waals surface area (Å²) in [4.78, 5) is 15.5. The Morgan fingerprint density at radius 1 is 1.00 bits per heavy atom. The number of sulfonamides is 1. The van der Waals surface area contributed by atoms with Crippen LogP contribution in [0.25, 0.3) is 10.8 Å². The van der Waals surface area contributed by atoms with Crippen molar-refractivity contribution in [2.45, 2.75) is 57.0 Å². The van der Waals surface area contributed by atoms with Gasteiger partial charge in [-0.3, -0.25) is 4.79 Å². The number of carbonyl (C=O) groups excluding carboxylic acids is 1. The molecular weight excluding hydrogens is 446 g/mol. The summed E-state index contributed by atoms with van der Waals surface area (Å²) in [5.41, 5.74) is 2.06. The number of fused-ring (bicyclic) bond motifs is 1. The first kappa shape index (κ1) is 24.4. The van der Waals surface area contributed by atoms with Gasteiger partial charge in [-0.15, -0.1) is 0 Å². The van der Waals surface area contributed by atoms with Gasteiger partial charge in [0.15, 0.2) is 0 Å². The molecule has 0 bridgehead atoms. The Morgan fingerprint density at radius 2 is 1.65 bits per heavy atom. The van der Waals surface area contributed by atoms with E-state index in [1.54, 1.807) is 24.3 Å². The average molecular weight is 480 g/mol. The molecule has 6 nitrogen and oxygen atoms in total. The normalized spacial score (nSPS) is 16.4. The van der Waals surface area contributed by atoms with Crippen LogP contribution in [0.5, 0.6) is 0 Å². The van der Waals surface area contributed by atoms with Gasteiger partial charge in [-0.1, -0.05) is 49.4 Å². The molecule has 1 aliphatic heterocycles. The number of carbonyl (C=O) groups is 1. The Labute approximate surface area is 202 Å². The summed E-state index contributed by atoms with van der Waals surface area (Å²) < 4.78 is 29.7. The van der Waals surface area contributed by atoms with Crippen molar-refractivity contribution >= 4 is 32.4 Å². The van der Waals surface area contributed by atoms with E-state index in [-0.39, 0.29) is 16.8 Å². The molecule has 0 aromatic heterocycles. The second-order valence-corrected chi connectivity index (χ2v) is 10.8. The van der Waals surface area contributed by atoms with Gasteiger partial charge in [0.05, 0.1) is 4.90 Å². The molecule has 1 unspecified atom stereocenters. The molecule has 1 amide bonds. The zero-order valence-corrected chi connectivity index (χ0v) is 20.9. The average Bonchev–Trinajstić information content (AvgIpc) is 2.84. The minimum Gasteiger partial charge on any atom is -0.321 e. The zero-order chi connectivity index (χ0) is 24.3. The summed E-state index contributed by atoms with van der Waals surface area (Å²) in [6.07, 6.45) is 2.69. The van der Waals surface area contributed by atoms with Crippen LogP contribution in [0.1, 0.15) is 49.0 Å². The highest BCUT2D eigenvalue weighted by Gasteiger charge is 2.27. The molecule has 1 heterocycles. The predicted octanol–water partition coefficient (Wildman–Crippen LogP) is 4.94. The van der Waals surface area contributed by atoms with Crippen LogP contribution in [0.3, 0.4) is 0 Å². The monoisotopic (exact) mass is 479 g/mol. The number of hydrogen-bond donors (Lipinski definition) is 2. The highest BCUT2D eigenvalue weighted by atomic mass is 32.2. The first-order valence-electron chi connectivity index (χ1n) is 11.9. The summed E-state index contributed by atoms with van der Waals surface area (Å²) in [5, 5.41) is 4.25. The van der Waals surface area contributed by atoms with Gasteiger partial charge < -0.3 is 10.2 Å².